The monoisotopic (exact) mass is 351 g/mol. The quantitative estimate of drug-likeness (QED) is 0.751. The summed E-state index contributed by atoms with van der Waals surface area (Å²) in [5.41, 5.74) is 3.22. The minimum atomic E-state index is -0.193. The van der Waals surface area contributed by atoms with Crippen molar-refractivity contribution in [1.82, 2.24) is 35.2 Å². The standard InChI is InChI=1S/C18H21N7O/c1-24-16-7-2-6-15(14(16)12-22-24)23-18(26)20-11-13-5-3-8-19-17(13)25-10-4-9-21-25/h3-5,8-10,12,15H,2,6-7,11H2,1H3,(H2,20,23,26). The molecule has 4 rings (SSSR count). The maximum absolute atomic E-state index is 12.4. The molecule has 134 valence electrons. The fourth-order valence-electron chi connectivity index (χ4n) is 3.41. The van der Waals surface area contributed by atoms with Crippen LogP contribution in [-0.2, 0) is 20.0 Å². The zero-order valence-electron chi connectivity index (χ0n) is 14.6. The van der Waals surface area contributed by atoms with Gasteiger partial charge in [0, 0.05) is 49.0 Å². The molecule has 26 heavy (non-hydrogen) atoms. The Labute approximate surface area is 151 Å². The van der Waals surface area contributed by atoms with Gasteiger partial charge in [0.2, 0.25) is 0 Å². The predicted octanol–water partition coefficient (Wildman–Crippen LogP) is 1.88. The Bertz CT molecular complexity index is 900. The SMILES string of the molecule is Cn1ncc2c1CCCC2NC(=O)NCc1cccnc1-n1cccn1. The highest BCUT2D eigenvalue weighted by atomic mass is 16.2. The first-order valence-corrected chi connectivity index (χ1v) is 8.71. The minimum absolute atomic E-state index is 0.00642. The van der Waals surface area contributed by atoms with Crippen molar-refractivity contribution in [3.8, 4) is 5.82 Å². The first-order chi connectivity index (χ1) is 12.7. The smallest absolute Gasteiger partial charge is 0.315 e. The van der Waals surface area contributed by atoms with Crippen LogP contribution in [0.2, 0.25) is 0 Å². The summed E-state index contributed by atoms with van der Waals surface area (Å²) >= 11 is 0. The molecule has 1 atom stereocenters. The number of hydrogen-bond donors (Lipinski definition) is 2. The molecule has 1 unspecified atom stereocenters. The van der Waals surface area contributed by atoms with Gasteiger partial charge in [-0.3, -0.25) is 4.68 Å². The summed E-state index contributed by atoms with van der Waals surface area (Å²) in [5, 5.41) is 14.5. The van der Waals surface area contributed by atoms with Crippen LogP contribution in [0, 0.1) is 0 Å². The lowest BCUT2D eigenvalue weighted by Crippen LogP contribution is -2.38. The van der Waals surface area contributed by atoms with E-state index in [0.29, 0.717) is 12.4 Å². The van der Waals surface area contributed by atoms with Gasteiger partial charge in [0.1, 0.15) is 0 Å². The molecule has 0 spiro atoms. The van der Waals surface area contributed by atoms with E-state index in [4.69, 9.17) is 0 Å². The zero-order chi connectivity index (χ0) is 17.9. The average molecular weight is 351 g/mol. The van der Waals surface area contributed by atoms with Crippen molar-refractivity contribution in [1.29, 1.82) is 0 Å². The van der Waals surface area contributed by atoms with Crippen LogP contribution in [0.15, 0.2) is 43.0 Å². The van der Waals surface area contributed by atoms with Gasteiger partial charge < -0.3 is 10.6 Å². The summed E-state index contributed by atoms with van der Waals surface area (Å²) in [4.78, 5) is 16.8. The fourth-order valence-corrected chi connectivity index (χ4v) is 3.41. The Morgan fingerprint density at radius 2 is 2.23 bits per heavy atom. The van der Waals surface area contributed by atoms with Crippen molar-refractivity contribution in [2.75, 3.05) is 0 Å². The summed E-state index contributed by atoms with van der Waals surface area (Å²) in [7, 11) is 1.94. The lowest BCUT2D eigenvalue weighted by atomic mass is 9.93. The van der Waals surface area contributed by atoms with Crippen molar-refractivity contribution in [2.24, 2.45) is 7.05 Å². The van der Waals surface area contributed by atoms with E-state index in [-0.39, 0.29) is 12.1 Å². The molecule has 0 saturated carbocycles. The summed E-state index contributed by atoms with van der Waals surface area (Å²) < 4.78 is 3.59. The molecule has 0 bridgehead atoms. The second-order valence-electron chi connectivity index (χ2n) is 6.38. The van der Waals surface area contributed by atoms with Crippen LogP contribution < -0.4 is 10.6 Å². The zero-order valence-corrected chi connectivity index (χ0v) is 14.6. The number of pyridine rings is 1. The van der Waals surface area contributed by atoms with Gasteiger partial charge in [0.05, 0.1) is 12.2 Å². The summed E-state index contributed by atoms with van der Waals surface area (Å²) in [5.74, 6) is 0.713. The summed E-state index contributed by atoms with van der Waals surface area (Å²) in [6.07, 6.45) is 10.1. The molecule has 8 nitrogen and oxygen atoms in total. The topological polar surface area (TPSA) is 89.7 Å². The molecule has 0 fully saturated rings. The third-order valence-electron chi connectivity index (χ3n) is 4.71. The normalized spacial score (nSPS) is 16.1. The minimum Gasteiger partial charge on any atom is -0.334 e. The highest BCUT2D eigenvalue weighted by Crippen LogP contribution is 2.28. The lowest BCUT2D eigenvalue weighted by molar-refractivity contribution is 0.235. The molecule has 3 aromatic rings. The van der Waals surface area contributed by atoms with Gasteiger partial charge in [-0.1, -0.05) is 6.07 Å². The molecule has 2 amide bonds. The molecule has 1 aliphatic carbocycles. The van der Waals surface area contributed by atoms with Crippen LogP contribution in [0.4, 0.5) is 4.79 Å². The summed E-state index contributed by atoms with van der Waals surface area (Å²) in [6.45, 7) is 0.376. The number of nitrogens with zero attached hydrogens (tertiary/aromatic N) is 5. The molecule has 2 N–H and O–H groups in total. The van der Waals surface area contributed by atoms with E-state index in [1.807, 2.05) is 42.3 Å². The van der Waals surface area contributed by atoms with E-state index in [2.05, 4.69) is 25.8 Å². The Hall–Kier alpha value is -3.16. The van der Waals surface area contributed by atoms with Gasteiger partial charge in [-0.25, -0.2) is 14.5 Å². The van der Waals surface area contributed by atoms with Crippen molar-refractivity contribution < 1.29 is 4.79 Å². The molecule has 3 heterocycles. The van der Waals surface area contributed by atoms with E-state index in [0.717, 1.165) is 30.4 Å². The van der Waals surface area contributed by atoms with Gasteiger partial charge in [0.25, 0.3) is 0 Å². The van der Waals surface area contributed by atoms with Crippen molar-refractivity contribution in [3.63, 3.8) is 0 Å². The molecule has 0 radical (unpaired) electrons. The number of urea groups is 1. The van der Waals surface area contributed by atoms with E-state index >= 15 is 0 Å². The number of rotatable bonds is 4. The van der Waals surface area contributed by atoms with Gasteiger partial charge in [-0.15, -0.1) is 0 Å². The second-order valence-corrected chi connectivity index (χ2v) is 6.38. The first kappa shape index (κ1) is 16.3. The average Bonchev–Trinajstić information content (AvgIpc) is 3.31. The molecule has 0 saturated heterocycles. The van der Waals surface area contributed by atoms with Gasteiger partial charge >= 0.3 is 6.03 Å². The molecule has 3 aromatic heterocycles. The van der Waals surface area contributed by atoms with E-state index in [9.17, 15) is 4.79 Å². The Morgan fingerprint density at radius 1 is 1.31 bits per heavy atom. The van der Waals surface area contributed by atoms with Crippen LogP contribution in [0.5, 0.6) is 0 Å². The molecule has 0 aromatic carbocycles. The van der Waals surface area contributed by atoms with Crippen LogP contribution in [0.25, 0.3) is 5.82 Å². The fraction of sp³-hybridized carbons (Fsp3) is 0.333. The molecule has 0 aliphatic heterocycles. The van der Waals surface area contributed by atoms with Crippen molar-refractivity contribution in [2.45, 2.75) is 31.8 Å². The summed E-state index contributed by atoms with van der Waals surface area (Å²) in [6, 6.07) is 5.44. The molecular formula is C18H21N7O. The number of aryl methyl sites for hydroxylation is 1. The molecule has 8 heteroatoms. The number of amides is 2. The largest absolute Gasteiger partial charge is 0.334 e. The van der Waals surface area contributed by atoms with Gasteiger partial charge in [-0.2, -0.15) is 10.2 Å². The highest BCUT2D eigenvalue weighted by molar-refractivity contribution is 5.74. The predicted molar refractivity (Wildman–Crippen MR) is 95.6 cm³/mol. The third kappa shape index (κ3) is 3.17. The number of aromatic nitrogens is 5. The van der Waals surface area contributed by atoms with Gasteiger partial charge in [-0.05, 0) is 31.4 Å². The Kier molecular flexibility index (Phi) is 4.39. The van der Waals surface area contributed by atoms with Gasteiger partial charge in [0.15, 0.2) is 5.82 Å². The van der Waals surface area contributed by atoms with E-state index in [1.54, 1.807) is 17.1 Å². The Morgan fingerprint density at radius 3 is 3.08 bits per heavy atom. The number of hydrogen-bond acceptors (Lipinski definition) is 4. The van der Waals surface area contributed by atoms with Crippen molar-refractivity contribution >= 4 is 6.03 Å². The lowest BCUT2D eigenvalue weighted by Gasteiger charge is -2.24. The van der Waals surface area contributed by atoms with Crippen molar-refractivity contribution in [3.05, 3.63) is 59.8 Å². The van der Waals surface area contributed by atoms with Crippen LogP contribution in [-0.4, -0.2) is 30.6 Å². The molecule has 1 aliphatic rings. The van der Waals surface area contributed by atoms with Crippen LogP contribution >= 0.6 is 0 Å². The first-order valence-electron chi connectivity index (χ1n) is 8.71. The molecular weight excluding hydrogens is 330 g/mol. The third-order valence-corrected chi connectivity index (χ3v) is 4.71. The maximum atomic E-state index is 12.4. The highest BCUT2D eigenvalue weighted by Gasteiger charge is 2.24. The number of nitrogens with one attached hydrogen (secondary N) is 2. The second kappa shape index (κ2) is 6.99. The maximum Gasteiger partial charge on any atom is 0.315 e. The van der Waals surface area contributed by atoms with E-state index in [1.165, 1.54) is 5.69 Å². The number of carbonyl (C=O) groups excluding carboxylic acids is 1. The number of fused-ring (bicyclic) bond motifs is 1. The Balaban J connectivity index is 1.41. The number of carbonyl (C=O) groups is 1. The van der Waals surface area contributed by atoms with Crippen LogP contribution in [0.1, 0.15) is 35.7 Å². The van der Waals surface area contributed by atoms with E-state index < -0.39 is 0 Å². The van der Waals surface area contributed by atoms with Crippen LogP contribution in [0.3, 0.4) is 0 Å².